The number of rotatable bonds is 0. The van der Waals surface area contributed by atoms with Crippen molar-refractivity contribution in [1.29, 1.82) is 0 Å². The fourth-order valence-corrected chi connectivity index (χ4v) is 0.340. The Balaban J connectivity index is -0.0000000267. The zero-order chi connectivity index (χ0) is 11.5. The molecule has 0 fully saturated rings. The van der Waals surface area contributed by atoms with Crippen molar-refractivity contribution in [3.05, 3.63) is 24.3 Å². The number of hydrogen-bond acceptors (Lipinski definition) is 4. The zero-order valence-corrected chi connectivity index (χ0v) is 10.0. The van der Waals surface area contributed by atoms with Gasteiger partial charge in [-0.15, -0.1) is 6.42 Å². The molecule has 1 rings (SSSR count). The molecule has 79 valence electrons. The van der Waals surface area contributed by atoms with Crippen LogP contribution in [0.2, 0.25) is 0 Å². The molecular formula is C9H13NbO4-. The van der Waals surface area contributed by atoms with Crippen LogP contribution in [-0.2, 0) is 41.6 Å². The molecule has 0 aromatic rings. The molecule has 1 aliphatic rings. The van der Waals surface area contributed by atoms with Crippen molar-refractivity contribution < 1.29 is 41.6 Å². The van der Waals surface area contributed by atoms with Gasteiger partial charge < -0.3 is 19.2 Å². The molecule has 14 heavy (non-hydrogen) atoms. The van der Waals surface area contributed by atoms with E-state index in [1.54, 1.807) is 0 Å². The summed E-state index contributed by atoms with van der Waals surface area (Å²) in [6.45, 7) is 8.00. The molecule has 4 nitrogen and oxygen atoms in total. The normalized spacial score (nSPS) is 7.43. The second kappa shape index (κ2) is 92.9. The van der Waals surface area contributed by atoms with Gasteiger partial charge in [0, 0.05) is 22.4 Å². The minimum Gasteiger partial charge on any atom is -0.307 e. The second-order valence-electron chi connectivity index (χ2n) is 1.00. The molecule has 0 unspecified atom stereocenters. The topological polar surface area (TPSA) is 68.3 Å². The molecule has 0 spiro atoms. The maximum Gasteiger partial charge on any atom is 0.106 e. The first-order valence-corrected chi connectivity index (χ1v) is 2.87. The van der Waals surface area contributed by atoms with E-state index in [1.807, 2.05) is 39.3 Å². The summed E-state index contributed by atoms with van der Waals surface area (Å²) in [5, 5.41) is 0. The van der Waals surface area contributed by atoms with Gasteiger partial charge in [0.1, 0.15) is 27.2 Å². The van der Waals surface area contributed by atoms with Crippen LogP contribution in [0.4, 0.5) is 0 Å². The molecule has 1 radical (unpaired) electrons. The first kappa shape index (κ1) is 29.3. The van der Waals surface area contributed by atoms with Crippen LogP contribution in [0.5, 0.6) is 0 Å². The van der Waals surface area contributed by atoms with Crippen molar-refractivity contribution in [1.82, 2.24) is 0 Å². The van der Waals surface area contributed by atoms with Crippen molar-refractivity contribution in [2.45, 2.75) is 6.42 Å². The quantitative estimate of drug-likeness (QED) is 0.479. The third-order valence-corrected chi connectivity index (χ3v) is 0.586. The molecule has 0 saturated heterocycles. The van der Waals surface area contributed by atoms with Crippen LogP contribution >= 0.6 is 0 Å². The number of carbonyl (C=O) groups excluding carboxylic acids is 4. The molecule has 0 atom stereocenters. The van der Waals surface area contributed by atoms with Crippen molar-refractivity contribution in [3.63, 3.8) is 0 Å². The Kier molecular flexibility index (Phi) is 194. The summed E-state index contributed by atoms with van der Waals surface area (Å²) < 4.78 is 0. The van der Waals surface area contributed by atoms with E-state index in [0.29, 0.717) is 0 Å². The van der Waals surface area contributed by atoms with E-state index >= 15 is 0 Å². The van der Waals surface area contributed by atoms with Gasteiger partial charge in [-0.3, -0.25) is 6.08 Å². The monoisotopic (exact) mass is 278 g/mol. The number of carbonyl (C=O) groups is 4. The average Bonchev–Trinajstić information content (AvgIpc) is 2.87. The summed E-state index contributed by atoms with van der Waals surface area (Å²) in [6, 6.07) is 0. The standard InChI is InChI=1S/C5H5.4CH2O.Nb/c1-2-4-5-3-1;4*1-2;/h1-3H,4H2;4*1H2;/q-1;;;;;. The number of allylic oxidation sites excluding steroid dienone is 4. The van der Waals surface area contributed by atoms with Crippen LogP contribution in [0.1, 0.15) is 6.42 Å². The van der Waals surface area contributed by atoms with Crippen molar-refractivity contribution >= 4 is 27.2 Å². The van der Waals surface area contributed by atoms with Gasteiger partial charge in [-0.1, -0.05) is 0 Å². The molecule has 1 aliphatic carbocycles. The largest absolute Gasteiger partial charge is 0.307 e. The van der Waals surface area contributed by atoms with E-state index < -0.39 is 0 Å². The molecule has 0 N–H and O–H groups in total. The second-order valence-corrected chi connectivity index (χ2v) is 1.00. The molecule has 0 heterocycles. The van der Waals surface area contributed by atoms with Crippen LogP contribution in [0.25, 0.3) is 0 Å². The van der Waals surface area contributed by atoms with Crippen molar-refractivity contribution in [3.8, 4) is 0 Å². The zero-order valence-electron chi connectivity index (χ0n) is 7.85. The summed E-state index contributed by atoms with van der Waals surface area (Å²) in [4.78, 5) is 32.0. The first-order valence-electron chi connectivity index (χ1n) is 2.87. The van der Waals surface area contributed by atoms with Gasteiger partial charge in [0.25, 0.3) is 0 Å². The predicted octanol–water partition coefficient (Wildman–Crippen LogP) is 0.564. The minimum absolute atomic E-state index is 0. The van der Waals surface area contributed by atoms with E-state index in [9.17, 15) is 0 Å². The predicted molar refractivity (Wildman–Crippen MR) is 50.1 cm³/mol. The Morgan fingerprint density at radius 1 is 0.857 bits per heavy atom. The molecule has 0 bridgehead atoms. The van der Waals surface area contributed by atoms with Crippen LogP contribution in [0, 0.1) is 6.08 Å². The molecule has 0 amide bonds. The van der Waals surface area contributed by atoms with Crippen LogP contribution < -0.4 is 0 Å². The van der Waals surface area contributed by atoms with E-state index in [2.05, 4.69) is 12.2 Å². The van der Waals surface area contributed by atoms with Gasteiger partial charge in [-0.2, -0.15) is 6.08 Å². The third kappa shape index (κ3) is 70.2. The van der Waals surface area contributed by atoms with Crippen molar-refractivity contribution in [2.75, 3.05) is 0 Å². The van der Waals surface area contributed by atoms with E-state index in [1.165, 1.54) is 0 Å². The summed E-state index contributed by atoms with van der Waals surface area (Å²) >= 11 is 0. The van der Waals surface area contributed by atoms with Gasteiger partial charge in [-0.25, -0.2) is 12.2 Å². The van der Waals surface area contributed by atoms with Crippen molar-refractivity contribution in [2.24, 2.45) is 0 Å². The summed E-state index contributed by atoms with van der Waals surface area (Å²) in [5.41, 5.74) is 0. The van der Waals surface area contributed by atoms with Gasteiger partial charge in [-0.05, 0) is 0 Å². The van der Waals surface area contributed by atoms with E-state index in [4.69, 9.17) is 19.2 Å². The van der Waals surface area contributed by atoms with Crippen LogP contribution in [-0.4, -0.2) is 27.2 Å². The maximum absolute atomic E-state index is 8.00. The molecular weight excluding hydrogens is 265 g/mol. The maximum atomic E-state index is 8.00. The Labute approximate surface area is 99.6 Å². The Bertz CT molecular complexity index is 108. The van der Waals surface area contributed by atoms with Crippen LogP contribution in [0.15, 0.2) is 18.2 Å². The SMILES string of the molecule is C=O.C=O.C=O.C=O.[C-]1=CC=CC1.[Nb]. The van der Waals surface area contributed by atoms with E-state index in [0.717, 1.165) is 6.42 Å². The summed E-state index contributed by atoms with van der Waals surface area (Å²) in [6.07, 6.45) is 10.0. The molecule has 0 aromatic heterocycles. The fourth-order valence-electron chi connectivity index (χ4n) is 0.340. The third-order valence-electron chi connectivity index (χ3n) is 0.586. The Morgan fingerprint density at radius 2 is 1.21 bits per heavy atom. The van der Waals surface area contributed by atoms with E-state index in [-0.39, 0.29) is 22.4 Å². The molecule has 0 aliphatic heterocycles. The first-order chi connectivity index (χ1) is 6.50. The van der Waals surface area contributed by atoms with Gasteiger partial charge in [0.15, 0.2) is 0 Å². The minimum atomic E-state index is 0. The van der Waals surface area contributed by atoms with Gasteiger partial charge >= 0.3 is 0 Å². The molecule has 0 saturated carbocycles. The Morgan fingerprint density at radius 3 is 1.29 bits per heavy atom. The molecule has 0 aromatic carbocycles. The summed E-state index contributed by atoms with van der Waals surface area (Å²) in [7, 11) is 0. The summed E-state index contributed by atoms with van der Waals surface area (Å²) in [5.74, 6) is 0. The fraction of sp³-hybridized carbons (Fsp3) is 0.111. The van der Waals surface area contributed by atoms with Gasteiger partial charge in [0.2, 0.25) is 0 Å². The number of hydrogen-bond donors (Lipinski definition) is 0. The van der Waals surface area contributed by atoms with Gasteiger partial charge in [0.05, 0.1) is 0 Å². The average molecular weight is 278 g/mol. The van der Waals surface area contributed by atoms with Crippen LogP contribution in [0.3, 0.4) is 0 Å². The smallest absolute Gasteiger partial charge is 0.106 e. The molecule has 5 heteroatoms. The Hall–Kier alpha value is -1.10.